The second-order valence-electron chi connectivity index (χ2n) is 7.76. The van der Waals surface area contributed by atoms with Gasteiger partial charge in [-0.1, -0.05) is 31.2 Å². The monoisotopic (exact) mass is 496 g/mol. The highest BCUT2D eigenvalue weighted by Gasteiger charge is 2.31. The van der Waals surface area contributed by atoms with Crippen LogP contribution in [0.25, 0.3) is 0 Å². The predicted molar refractivity (Wildman–Crippen MR) is 126 cm³/mol. The first-order valence-electron chi connectivity index (χ1n) is 9.80. The Labute approximate surface area is 185 Å². The predicted octanol–water partition coefficient (Wildman–Crippen LogP) is 2.94. The molecule has 0 spiro atoms. The minimum absolute atomic E-state index is 0. The quantitative estimate of drug-likeness (QED) is 0.367. The second-order valence-corrected chi connectivity index (χ2v) is 7.76. The molecule has 6 nitrogen and oxygen atoms in total. The first-order chi connectivity index (χ1) is 13.0. The lowest BCUT2D eigenvalue weighted by molar-refractivity contribution is 0.265. The number of aliphatic imine (C=N–C) groups is 1. The normalized spacial score (nSPS) is 20.2. The van der Waals surface area contributed by atoms with E-state index >= 15 is 0 Å². The molecular formula is C21H33IN6. The van der Waals surface area contributed by atoms with Gasteiger partial charge in [-0.25, -0.2) is 4.98 Å². The molecule has 2 heterocycles. The topological polar surface area (TPSA) is 57.5 Å². The largest absolute Gasteiger partial charge is 0.352 e. The summed E-state index contributed by atoms with van der Waals surface area (Å²) in [7, 11) is 1.84. The number of hydrogen-bond acceptors (Lipinski definition) is 3. The molecule has 1 fully saturated rings. The Kier molecular flexibility index (Phi) is 8.75. The van der Waals surface area contributed by atoms with Crippen LogP contribution in [0.3, 0.4) is 0 Å². The minimum Gasteiger partial charge on any atom is -0.352 e. The van der Waals surface area contributed by atoms with E-state index in [-0.39, 0.29) is 24.0 Å². The van der Waals surface area contributed by atoms with Crippen molar-refractivity contribution in [1.82, 2.24) is 25.1 Å². The molecule has 2 unspecified atom stereocenters. The van der Waals surface area contributed by atoms with Gasteiger partial charge >= 0.3 is 0 Å². The molecule has 0 amide bonds. The number of hydrogen-bond donors (Lipinski definition) is 2. The maximum absolute atomic E-state index is 4.42. The Balaban J connectivity index is 0.00000280. The number of likely N-dealkylation sites (tertiary alicyclic amines) is 1. The van der Waals surface area contributed by atoms with E-state index in [0.29, 0.717) is 18.0 Å². The van der Waals surface area contributed by atoms with Crippen LogP contribution >= 0.6 is 24.0 Å². The average molecular weight is 496 g/mol. The molecule has 1 aliphatic rings. The van der Waals surface area contributed by atoms with E-state index in [1.165, 1.54) is 11.1 Å². The number of halogens is 1. The third kappa shape index (κ3) is 6.20. The Morgan fingerprint density at radius 1 is 1.29 bits per heavy atom. The van der Waals surface area contributed by atoms with Crippen molar-refractivity contribution in [2.75, 3.05) is 20.1 Å². The fraction of sp³-hybridized carbons (Fsp3) is 0.524. The van der Waals surface area contributed by atoms with Gasteiger partial charge in [-0.05, 0) is 30.9 Å². The summed E-state index contributed by atoms with van der Waals surface area (Å²) >= 11 is 0. The summed E-state index contributed by atoms with van der Waals surface area (Å²) in [5.74, 6) is 1.49. The summed E-state index contributed by atoms with van der Waals surface area (Å²) in [6, 6.07) is 9.67. The molecule has 0 aliphatic carbocycles. The molecule has 154 valence electrons. The number of nitrogens with zero attached hydrogens (tertiary/aromatic N) is 4. The molecule has 2 atom stereocenters. The van der Waals surface area contributed by atoms with Gasteiger partial charge in [0.05, 0.1) is 6.33 Å². The zero-order chi connectivity index (χ0) is 19.2. The van der Waals surface area contributed by atoms with Crippen molar-refractivity contribution in [3.8, 4) is 0 Å². The molecule has 1 aromatic heterocycles. The highest BCUT2D eigenvalue weighted by atomic mass is 127. The summed E-state index contributed by atoms with van der Waals surface area (Å²) in [5.41, 5.74) is 2.52. The molecule has 28 heavy (non-hydrogen) atoms. The number of imidazole rings is 1. The lowest BCUT2D eigenvalue weighted by Crippen LogP contribution is -2.46. The van der Waals surface area contributed by atoms with Crippen LogP contribution in [0.4, 0.5) is 0 Å². The van der Waals surface area contributed by atoms with Crippen LogP contribution in [0.15, 0.2) is 48.0 Å². The lowest BCUT2D eigenvalue weighted by Gasteiger charge is -2.22. The van der Waals surface area contributed by atoms with Crippen LogP contribution in [0.1, 0.15) is 31.9 Å². The van der Waals surface area contributed by atoms with E-state index in [9.17, 15) is 0 Å². The van der Waals surface area contributed by atoms with Gasteiger partial charge in [0.15, 0.2) is 5.96 Å². The number of nitrogens with one attached hydrogen (secondary N) is 2. The average Bonchev–Trinajstić information content (AvgIpc) is 3.29. The van der Waals surface area contributed by atoms with Crippen molar-refractivity contribution < 1.29 is 0 Å². The van der Waals surface area contributed by atoms with E-state index in [1.54, 1.807) is 0 Å². The van der Waals surface area contributed by atoms with Crippen molar-refractivity contribution in [3.05, 3.63) is 54.1 Å². The van der Waals surface area contributed by atoms with Gasteiger partial charge in [-0.2, -0.15) is 0 Å². The van der Waals surface area contributed by atoms with Crippen LogP contribution in [-0.4, -0.2) is 52.6 Å². The van der Waals surface area contributed by atoms with Gasteiger partial charge < -0.3 is 15.2 Å². The molecule has 7 heteroatoms. The minimum atomic E-state index is 0. The molecule has 0 bridgehead atoms. The van der Waals surface area contributed by atoms with Crippen molar-refractivity contribution in [3.63, 3.8) is 0 Å². The molecule has 1 saturated heterocycles. The third-order valence-corrected chi connectivity index (χ3v) is 5.29. The van der Waals surface area contributed by atoms with Gasteiger partial charge in [0.1, 0.15) is 0 Å². The number of aromatic nitrogens is 2. The molecule has 2 aromatic rings. The molecule has 1 aromatic carbocycles. The highest BCUT2D eigenvalue weighted by Crippen LogP contribution is 2.18. The van der Waals surface area contributed by atoms with Crippen LogP contribution in [-0.2, 0) is 13.1 Å². The van der Waals surface area contributed by atoms with E-state index in [4.69, 9.17) is 0 Å². The second kappa shape index (κ2) is 10.8. The molecular weight excluding hydrogens is 463 g/mol. The fourth-order valence-corrected chi connectivity index (χ4v) is 3.60. The number of rotatable bonds is 6. The summed E-state index contributed by atoms with van der Waals surface area (Å²) < 4.78 is 2.08. The van der Waals surface area contributed by atoms with E-state index in [1.807, 2.05) is 25.8 Å². The Morgan fingerprint density at radius 3 is 2.71 bits per heavy atom. The Bertz CT molecular complexity index is 743. The third-order valence-electron chi connectivity index (χ3n) is 5.29. The van der Waals surface area contributed by atoms with Crippen LogP contribution in [0, 0.1) is 5.92 Å². The van der Waals surface area contributed by atoms with Gasteiger partial charge in [0.25, 0.3) is 0 Å². The molecule has 0 saturated carbocycles. The summed E-state index contributed by atoms with van der Waals surface area (Å²) in [6.07, 6.45) is 5.64. The Hall–Kier alpha value is -1.61. The maximum Gasteiger partial charge on any atom is 0.191 e. The number of guanidine groups is 1. The van der Waals surface area contributed by atoms with E-state index < -0.39 is 0 Å². The first-order valence-corrected chi connectivity index (χ1v) is 9.80. The van der Waals surface area contributed by atoms with E-state index in [0.717, 1.165) is 32.1 Å². The summed E-state index contributed by atoms with van der Waals surface area (Å²) in [5, 5.41) is 7.07. The number of benzene rings is 1. The smallest absolute Gasteiger partial charge is 0.191 e. The van der Waals surface area contributed by atoms with Crippen molar-refractivity contribution in [1.29, 1.82) is 0 Å². The van der Waals surface area contributed by atoms with Crippen molar-refractivity contribution >= 4 is 29.9 Å². The molecule has 0 radical (unpaired) electrons. The van der Waals surface area contributed by atoms with Gasteiger partial charge in [0.2, 0.25) is 0 Å². The van der Waals surface area contributed by atoms with Gasteiger partial charge in [0, 0.05) is 57.7 Å². The zero-order valence-corrected chi connectivity index (χ0v) is 19.6. The van der Waals surface area contributed by atoms with Crippen LogP contribution in [0.5, 0.6) is 0 Å². The first kappa shape index (κ1) is 22.7. The molecule has 2 N–H and O–H groups in total. The van der Waals surface area contributed by atoms with Gasteiger partial charge in [-0.15, -0.1) is 24.0 Å². The van der Waals surface area contributed by atoms with Crippen LogP contribution < -0.4 is 10.6 Å². The van der Waals surface area contributed by atoms with E-state index in [2.05, 4.69) is 75.1 Å². The summed E-state index contributed by atoms with van der Waals surface area (Å²) in [6.45, 7) is 10.6. The SMILES string of the molecule is CN=C(NCc1cccc(Cn2ccnc2)c1)NC1CN(C(C)C)CC1C.I. The van der Waals surface area contributed by atoms with Crippen molar-refractivity contribution in [2.24, 2.45) is 10.9 Å². The van der Waals surface area contributed by atoms with Crippen LogP contribution in [0.2, 0.25) is 0 Å². The highest BCUT2D eigenvalue weighted by molar-refractivity contribution is 14.0. The standard InChI is InChI=1S/C21H32N6.HI/c1-16(2)27-12-17(3)20(14-27)25-21(22-4)24-11-18-6-5-7-19(10-18)13-26-9-8-23-15-26;/h5-10,15-17,20H,11-14H2,1-4H3,(H2,22,24,25);1H. The fourth-order valence-electron chi connectivity index (χ4n) is 3.60. The Morgan fingerprint density at radius 2 is 2.07 bits per heavy atom. The molecule has 3 rings (SSSR count). The van der Waals surface area contributed by atoms with Gasteiger partial charge in [-0.3, -0.25) is 9.89 Å². The molecule has 1 aliphatic heterocycles. The maximum atomic E-state index is 4.42. The summed E-state index contributed by atoms with van der Waals surface area (Å²) in [4.78, 5) is 11.0. The van der Waals surface area contributed by atoms with Crippen molar-refractivity contribution in [2.45, 2.75) is 45.9 Å². The zero-order valence-electron chi connectivity index (χ0n) is 17.3. The lowest BCUT2D eigenvalue weighted by atomic mass is 10.1.